The normalized spacial score (nSPS) is 13.6. The number of carbonyl (C=O) groups excluding carboxylic acids is 1. The minimum absolute atomic E-state index is 0.134. The number of amides is 1. The van der Waals surface area contributed by atoms with E-state index < -0.39 is 0 Å². The summed E-state index contributed by atoms with van der Waals surface area (Å²) < 4.78 is 0. The van der Waals surface area contributed by atoms with E-state index in [1.54, 1.807) is 0 Å². The molecular formula is C18H19ClN2OS. The molecule has 0 aromatic heterocycles. The Bertz CT molecular complexity index is 748. The number of rotatable bonds is 3. The zero-order valence-electron chi connectivity index (χ0n) is 13.2. The number of carbonyl (C=O) groups is 1. The first-order chi connectivity index (χ1) is 11.1. The molecule has 0 atom stereocenters. The molecule has 23 heavy (non-hydrogen) atoms. The van der Waals surface area contributed by atoms with Gasteiger partial charge < -0.3 is 10.2 Å². The summed E-state index contributed by atoms with van der Waals surface area (Å²) in [5, 5.41) is 3.45. The monoisotopic (exact) mass is 346 g/mol. The van der Waals surface area contributed by atoms with Gasteiger partial charge in [0.1, 0.15) is 0 Å². The van der Waals surface area contributed by atoms with Gasteiger partial charge in [-0.05, 0) is 49.7 Å². The van der Waals surface area contributed by atoms with Gasteiger partial charge in [-0.15, -0.1) is 11.8 Å². The fourth-order valence-corrected chi connectivity index (χ4v) is 3.97. The summed E-state index contributed by atoms with van der Waals surface area (Å²) in [6.45, 7) is 6.07. The summed E-state index contributed by atoms with van der Waals surface area (Å²) >= 11 is 8.04. The van der Waals surface area contributed by atoms with Crippen molar-refractivity contribution in [3.8, 4) is 0 Å². The number of fused-ring (bicyclic) bond motifs is 1. The number of aryl methyl sites for hydroxylation is 1. The van der Waals surface area contributed by atoms with Crippen LogP contribution in [0.3, 0.4) is 0 Å². The molecule has 0 saturated carbocycles. The Morgan fingerprint density at radius 1 is 1.30 bits per heavy atom. The molecule has 0 spiro atoms. The number of nitrogens with one attached hydrogen (secondary N) is 1. The van der Waals surface area contributed by atoms with Gasteiger partial charge >= 0.3 is 0 Å². The lowest BCUT2D eigenvalue weighted by atomic mass is 10.1. The maximum atomic E-state index is 12.5. The van der Waals surface area contributed by atoms with E-state index in [-0.39, 0.29) is 5.91 Å². The van der Waals surface area contributed by atoms with Crippen molar-refractivity contribution in [2.45, 2.75) is 18.7 Å². The highest BCUT2D eigenvalue weighted by molar-refractivity contribution is 7.99. The van der Waals surface area contributed by atoms with Crippen molar-refractivity contribution >= 4 is 40.6 Å². The van der Waals surface area contributed by atoms with Crippen LogP contribution in [0.5, 0.6) is 0 Å². The van der Waals surface area contributed by atoms with E-state index in [4.69, 9.17) is 11.6 Å². The third kappa shape index (κ3) is 3.48. The first-order valence-corrected chi connectivity index (χ1v) is 9.04. The molecular weight excluding hydrogens is 328 g/mol. The van der Waals surface area contributed by atoms with E-state index >= 15 is 0 Å². The van der Waals surface area contributed by atoms with E-state index in [0.717, 1.165) is 30.1 Å². The topological polar surface area (TPSA) is 32.3 Å². The molecule has 3 nitrogen and oxygen atoms in total. The van der Waals surface area contributed by atoms with Crippen LogP contribution in [0.25, 0.3) is 0 Å². The van der Waals surface area contributed by atoms with E-state index in [0.29, 0.717) is 16.3 Å². The Morgan fingerprint density at radius 2 is 2.13 bits per heavy atom. The van der Waals surface area contributed by atoms with Crippen LogP contribution in [0, 0.1) is 6.92 Å². The van der Waals surface area contributed by atoms with Gasteiger partial charge in [-0.3, -0.25) is 4.79 Å². The van der Waals surface area contributed by atoms with Crippen molar-refractivity contribution in [3.63, 3.8) is 0 Å². The van der Waals surface area contributed by atoms with Gasteiger partial charge in [0.15, 0.2) is 0 Å². The molecule has 3 rings (SSSR count). The van der Waals surface area contributed by atoms with Crippen LogP contribution in [0.4, 0.5) is 11.4 Å². The minimum atomic E-state index is -0.134. The Kier molecular flexibility index (Phi) is 4.83. The van der Waals surface area contributed by atoms with Crippen molar-refractivity contribution in [1.82, 2.24) is 0 Å². The highest BCUT2D eigenvalue weighted by Crippen LogP contribution is 2.35. The van der Waals surface area contributed by atoms with Crippen LogP contribution in [-0.4, -0.2) is 24.7 Å². The second-order valence-electron chi connectivity index (χ2n) is 5.55. The number of hydrogen-bond acceptors (Lipinski definition) is 3. The molecule has 2 aromatic carbocycles. The largest absolute Gasteiger partial charge is 0.370 e. The third-order valence-electron chi connectivity index (χ3n) is 3.94. The van der Waals surface area contributed by atoms with E-state index in [1.807, 2.05) is 55.1 Å². The van der Waals surface area contributed by atoms with Gasteiger partial charge in [0, 0.05) is 29.3 Å². The van der Waals surface area contributed by atoms with Gasteiger partial charge in [0.2, 0.25) is 0 Å². The third-order valence-corrected chi connectivity index (χ3v) is 5.29. The van der Waals surface area contributed by atoms with Crippen molar-refractivity contribution in [3.05, 3.63) is 52.5 Å². The molecule has 2 aromatic rings. The fourth-order valence-electron chi connectivity index (χ4n) is 2.66. The highest BCUT2D eigenvalue weighted by Gasteiger charge is 2.18. The molecule has 1 aliphatic heterocycles. The van der Waals surface area contributed by atoms with E-state index in [2.05, 4.69) is 17.1 Å². The van der Waals surface area contributed by atoms with Crippen LogP contribution in [-0.2, 0) is 0 Å². The molecule has 1 N–H and O–H groups in total. The maximum absolute atomic E-state index is 12.5. The molecule has 1 heterocycles. The molecule has 0 bridgehead atoms. The van der Waals surface area contributed by atoms with Crippen molar-refractivity contribution < 1.29 is 4.79 Å². The van der Waals surface area contributed by atoms with Crippen LogP contribution in [0.1, 0.15) is 22.8 Å². The average Bonchev–Trinajstić information content (AvgIpc) is 2.56. The summed E-state index contributed by atoms with van der Waals surface area (Å²) in [4.78, 5) is 16.1. The minimum Gasteiger partial charge on any atom is -0.370 e. The molecule has 0 aliphatic carbocycles. The average molecular weight is 347 g/mol. The zero-order valence-corrected chi connectivity index (χ0v) is 14.8. The first kappa shape index (κ1) is 16.2. The second-order valence-corrected chi connectivity index (χ2v) is 7.09. The Morgan fingerprint density at radius 3 is 2.87 bits per heavy atom. The maximum Gasteiger partial charge on any atom is 0.255 e. The summed E-state index contributed by atoms with van der Waals surface area (Å²) in [6, 6.07) is 11.5. The lowest BCUT2D eigenvalue weighted by molar-refractivity contribution is 0.102. The van der Waals surface area contributed by atoms with E-state index in [1.165, 1.54) is 4.90 Å². The number of hydrogen-bond donors (Lipinski definition) is 1. The summed E-state index contributed by atoms with van der Waals surface area (Å²) in [5.41, 5.74) is 3.51. The van der Waals surface area contributed by atoms with Crippen molar-refractivity contribution in [1.29, 1.82) is 0 Å². The Hall–Kier alpha value is -1.65. The molecule has 0 fully saturated rings. The highest BCUT2D eigenvalue weighted by atomic mass is 35.5. The Labute approximate surface area is 146 Å². The lowest BCUT2D eigenvalue weighted by Crippen LogP contribution is -2.29. The first-order valence-electron chi connectivity index (χ1n) is 7.68. The number of halogens is 1. The molecule has 120 valence electrons. The Balaban J connectivity index is 1.85. The SMILES string of the molecule is CCN1CCSc2ccc(C(=O)Nc3ccc(C)cc3Cl)cc21. The van der Waals surface area contributed by atoms with Gasteiger partial charge in [0.05, 0.1) is 16.4 Å². The molecule has 0 radical (unpaired) electrons. The van der Waals surface area contributed by atoms with E-state index in [9.17, 15) is 4.79 Å². The number of anilines is 2. The summed E-state index contributed by atoms with van der Waals surface area (Å²) in [7, 11) is 0. The number of thioether (sulfide) groups is 1. The van der Waals surface area contributed by atoms with Crippen molar-refractivity contribution in [2.24, 2.45) is 0 Å². The summed E-state index contributed by atoms with van der Waals surface area (Å²) in [5.74, 6) is 0.955. The predicted molar refractivity (Wildman–Crippen MR) is 99.2 cm³/mol. The van der Waals surface area contributed by atoms with Crippen LogP contribution in [0.15, 0.2) is 41.3 Å². The van der Waals surface area contributed by atoms with Gasteiger partial charge in [-0.25, -0.2) is 0 Å². The molecule has 1 amide bonds. The quantitative estimate of drug-likeness (QED) is 0.863. The van der Waals surface area contributed by atoms with Crippen LogP contribution in [0.2, 0.25) is 5.02 Å². The van der Waals surface area contributed by atoms with Gasteiger partial charge in [-0.2, -0.15) is 0 Å². The predicted octanol–water partition coefficient (Wildman–Crippen LogP) is 4.83. The molecule has 0 unspecified atom stereocenters. The molecule has 0 saturated heterocycles. The standard InChI is InChI=1S/C18H19ClN2OS/c1-3-21-8-9-23-17-7-5-13(11-16(17)21)18(22)20-15-6-4-12(2)10-14(15)19/h4-7,10-11H,3,8-9H2,1-2H3,(H,20,22). The number of nitrogens with zero attached hydrogens (tertiary/aromatic N) is 1. The van der Waals surface area contributed by atoms with Crippen molar-refractivity contribution in [2.75, 3.05) is 29.1 Å². The second kappa shape index (κ2) is 6.85. The van der Waals surface area contributed by atoms with Gasteiger partial charge in [-0.1, -0.05) is 17.7 Å². The fraction of sp³-hybridized carbons (Fsp3) is 0.278. The van der Waals surface area contributed by atoms with Gasteiger partial charge in [0.25, 0.3) is 5.91 Å². The summed E-state index contributed by atoms with van der Waals surface area (Å²) in [6.07, 6.45) is 0. The lowest BCUT2D eigenvalue weighted by Gasteiger charge is -2.30. The zero-order chi connectivity index (χ0) is 16.4. The molecule has 5 heteroatoms. The number of benzene rings is 2. The van der Waals surface area contributed by atoms with Crippen LogP contribution < -0.4 is 10.2 Å². The molecule has 1 aliphatic rings. The smallest absolute Gasteiger partial charge is 0.255 e. The van der Waals surface area contributed by atoms with Crippen LogP contribution >= 0.6 is 23.4 Å².